The first-order valence-corrected chi connectivity index (χ1v) is 8.05. The molecule has 3 rings (SSSR count). The Labute approximate surface area is 130 Å². The van der Waals surface area contributed by atoms with Crippen LogP contribution in [0.5, 0.6) is 0 Å². The molecular formula is C16H24N4O2. The maximum Gasteiger partial charge on any atom is 0.350 e. The Hall–Kier alpha value is -1.66. The number of aromatic nitrogens is 3. The molecule has 2 aromatic rings. The molecule has 0 bridgehead atoms. The van der Waals surface area contributed by atoms with Crippen molar-refractivity contribution in [3.8, 4) is 0 Å². The predicted molar refractivity (Wildman–Crippen MR) is 84.9 cm³/mol. The molecule has 0 atom stereocenters. The third kappa shape index (κ3) is 2.80. The maximum absolute atomic E-state index is 12.2. The molecular weight excluding hydrogens is 280 g/mol. The van der Waals surface area contributed by atoms with Crippen LogP contribution in [-0.4, -0.2) is 50.4 Å². The van der Waals surface area contributed by atoms with Crippen molar-refractivity contribution in [3.05, 3.63) is 34.9 Å². The van der Waals surface area contributed by atoms with Gasteiger partial charge in [0.25, 0.3) is 0 Å². The number of pyridine rings is 1. The van der Waals surface area contributed by atoms with Gasteiger partial charge in [0.2, 0.25) is 0 Å². The molecule has 0 radical (unpaired) electrons. The van der Waals surface area contributed by atoms with E-state index in [1.54, 1.807) is 15.3 Å². The third-order valence-electron chi connectivity index (χ3n) is 5.12. The first-order valence-electron chi connectivity index (χ1n) is 8.05. The lowest BCUT2D eigenvalue weighted by molar-refractivity contribution is 0.0394. The molecule has 0 unspecified atom stereocenters. The number of fused-ring (bicyclic) bond motifs is 1. The molecule has 1 aliphatic rings. The van der Waals surface area contributed by atoms with E-state index < -0.39 is 0 Å². The fraction of sp³-hybridized carbons (Fsp3) is 0.625. The van der Waals surface area contributed by atoms with Gasteiger partial charge in [-0.1, -0.05) is 13.0 Å². The van der Waals surface area contributed by atoms with Gasteiger partial charge in [0.15, 0.2) is 5.65 Å². The number of hydrogen-bond acceptors (Lipinski definition) is 4. The molecule has 0 spiro atoms. The monoisotopic (exact) mass is 304 g/mol. The van der Waals surface area contributed by atoms with E-state index in [1.807, 2.05) is 18.2 Å². The lowest BCUT2D eigenvalue weighted by Crippen LogP contribution is -2.43. The fourth-order valence-electron chi connectivity index (χ4n) is 3.22. The highest BCUT2D eigenvalue weighted by Crippen LogP contribution is 2.33. The summed E-state index contributed by atoms with van der Waals surface area (Å²) in [5.74, 6) is 0. The average Bonchev–Trinajstić information content (AvgIpc) is 2.90. The number of hydrogen-bond donors (Lipinski definition) is 1. The zero-order chi connectivity index (χ0) is 15.6. The summed E-state index contributed by atoms with van der Waals surface area (Å²) in [6, 6.07) is 5.57. The highest BCUT2D eigenvalue weighted by molar-refractivity contribution is 5.35. The van der Waals surface area contributed by atoms with Gasteiger partial charge in [-0.05, 0) is 49.9 Å². The number of piperidine rings is 1. The molecule has 2 aromatic heterocycles. The first kappa shape index (κ1) is 15.2. The smallest absolute Gasteiger partial charge is 0.350 e. The lowest BCUT2D eigenvalue weighted by atomic mass is 9.77. The zero-order valence-corrected chi connectivity index (χ0v) is 13.1. The third-order valence-corrected chi connectivity index (χ3v) is 5.12. The fourth-order valence-corrected chi connectivity index (χ4v) is 3.22. The minimum Gasteiger partial charge on any atom is -0.396 e. The van der Waals surface area contributed by atoms with Gasteiger partial charge in [-0.2, -0.15) is 0 Å². The van der Waals surface area contributed by atoms with E-state index in [-0.39, 0.29) is 17.7 Å². The van der Waals surface area contributed by atoms with Crippen LogP contribution in [-0.2, 0) is 6.54 Å². The molecule has 1 aliphatic heterocycles. The maximum atomic E-state index is 12.2. The molecule has 120 valence electrons. The molecule has 22 heavy (non-hydrogen) atoms. The van der Waals surface area contributed by atoms with E-state index >= 15 is 0 Å². The van der Waals surface area contributed by atoms with Crippen LogP contribution in [0.1, 0.15) is 26.2 Å². The van der Waals surface area contributed by atoms with Gasteiger partial charge < -0.3 is 10.0 Å². The average molecular weight is 304 g/mol. The summed E-state index contributed by atoms with van der Waals surface area (Å²) in [5, 5.41) is 13.9. The van der Waals surface area contributed by atoms with Crippen LogP contribution in [0.3, 0.4) is 0 Å². The van der Waals surface area contributed by atoms with Crippen molar-refractivity contribution in [2.24, 2.45) is 5.41 Å². The minimum atomic E-state index is -0.0779. The molecule has 0 amide bonds. The Morgan fingerprint density at radius 2 is 2.05 bits per heavy atom. The van der Waals surface area contributed by atoms with Crippen LogP contribution in [0.2, 0.25) is 0 Å². The van der Waals surface area contributed by atoms with E-state index in [4.69, 9.17) is 0 Å². The van der Waals surface area contributed by atoms with Crippen LogP contribution < -0.4 is 5.69 Å². The van der Waals surface area contributed by atoms with Gasteiger partial charge in [-0.15, -0.1) is 5.10 Å². The summed E-state index contributed by atoms with van der Waals surface area (Å²) in [5.41, 5.74) is 0.721. The van der Waals surface area contributed by atoms with E-state index in [9.17, 15) is 9.90 Å². The van der Waals surface area contributed by atoms with Crippen molar-refractivity contribution in [2.75, 3.05) is 26.2 Å². The molecule has 6 heteroatoms. The second-order valence-corrected chi connectivity index (χ2v) is 6.29. The normalized spacial score (nSPS) is 18.8. The second kappa shape index (κ2) is 6.22. The quantitative estimate of drug-likeness (QED) is 0.894. The summed E-state index contributed by atoms with van der Waals surface area (Å²) in [6.45, 7) is 5.84. The number of aliphatic hydroxyl groups is 1. The molecule has 0 aromatic carbocycles. The predicted octanol–water partition coefficient (Wildman–Crippen LogP) is 0.980. The van der Waals surface area contributed by atoms with Crippen molar-refractivity contribution in [1.29, 1.82) is 0 Å². The molecule has 1 N–H and O–H groups in total. The summed E-state index contributed by atoms with van der Waals surface area (Å²) in [4.78, 5) is 14.6. The van der Waals surface area contributed by atoms with E-state index in [0.717, 1.165) is 38.9 Å². The Bertz CT molecular complexity index is 677. The van der Waals surface area contributed by atoms with Crippen molar-refractivity contribution in [1.82, 2.24) is 19.1 Å². The van der Waals surface area contributed by atoms with Gasteiger partial charge in [-0.3, -0.25) is 4.40 Å². The van der Waals surface area contributed by atoms with Crippen molar-refractivity contribution in [3.63, 3.8) is 0 Å². The van der Waals surface area contributed by atoms with Crippen molar-refractivity contribution < 1.29 is 5.11 Å². The summed E-state index contributed by atoms with van der Waals surface area (Å²) >= 11 is 0. The highest BCUT2D eigenvalue weighted by Gasteiger charge is 2.32. The van der Waals surface area contributed by atoms with Gasteiger partial charge in [0.05, 0.1) is 6.54 Å². The number of nitrogens with zero attached hydrogens (tertiary/aromatic N) is 4. The number of aliphatic hydroxyl groups excluding tert-OH is 1. The lowest BCUT2D eigenvalue weighted by Gasteiger charge is -2.40. The first-order chi connectivity index (χ1) is 10.7. The van der Waals surface area contributed by atoms with Crippen LogP contribution in [0, 0.1) is 5.41 Å². The SMILES string of the molecule is CCC1(CO)CCN(CCn2nc3ccccn3c2=O)CC1. The molecule has 1 saturated heterocycles. The summed E-state index contributed by atoms with van der Waals surface area (Å²) in [7, 11) is 0. The van der Waals surface area contributed by atoms with Crippen molar-refractivity contribution >= 4 is 5.65 Å². The Morgan fingerprint density at radius 1 is 1.27 bits per heavy atom. The molecule has 3 heterocycles. The van der Waals surface area contributed by atoms with Gasteiger partial charge in [0, 0.05) is 19.3 Å². The molecule has 0 aliphatic carbocycles. The summed E-state index contributed by atoms with van der Waals surface area (Å²) in [6.07, 6.45) is 4.84. The highest BCUT2D eigenvalue weighted by atomic mass is 16.3. The molecule has 1 fully saturated rings. The van der Waals surface area contributed by atoms with Crippen molar-refractivity contribution in [2.45, 2.75) is 32.7 Å². The van der Waals surface area contributed by atoms with Crippen LogP contribution in [0.15, 0.2) is 29.2 Å². The Balaban J connectivity index is 1.61. The van der Waals surface area contributed by atoms with Crippen LogP contribution in [0.4, 0.5) is 0 Å². The molecule has 6 nitrogen and oxygen atoms in total. The van der Waals surface area contributed by atoms with Crippen LogP contribution in [0.25, 0.3) is 5.65 Å². The van der Waals surface area contributed by atoms with Gasteiger partial charge in [-0.25, -0.2) is 9.48 Å². The van der Waals surface area contributed by atoms with Crippen LogP contribution >= 0.6 is 0 Å². The molecule has 0 saturated carbocycles. The second-order valence-electron chi connectivity index (χ2n) is 6.29. The Morgan fingerprint density at radius 3 is 2.68 bits per heavy atom. The van der Waals surface area contributed by atoms with E-state index in [2.05, 4.69) is 16.9 Å². The largest absolute Gasteiger partial charge is 0.396 e. The topological polar surface area (TPSA) is 62.8 Å². The minimum absolute atomic E-state index is 0.0779. The summed E-state index contributed by atoms with van der Waals surface area (Å²) < 4.78 is 3.12. The van der Waals surface area contributed by atoms with Gasteiger partial charge in [0.1, 0.15) is 0 Å². The number of rotatable bonds is 5. The Kier molecular flexibility index (Phi) is 4.31. The standard InChI is InChI=1S/C16H24N4O2/c1-2-16(13-21)6-9-18(10-7-16)11-12-20-15(22)19-8-4-3-5-14(19)17-20/h3-5,8,21H,2,6-7,9-13H2,1H3. The van der Waals surface area contributed by atoms with E-state index in [0.29, 0.717) is 12.2 Å². The number of likely N-dealkylation sites (tertiary alicyclic amines) is 1. The van der Waals surface area contributed by atoms with Gasteiger partial charge >= 0.3 is 5.69 Å². The zero-order valence-electron chi connectivity index (χ0n) is 13.1. The van der Waals surface area contributed by atoms with E-state index in [1.165, 1.54) is 0 Å².